The molecule has 2 heterocycles. The van der Waals surface area contributed by atoms with Crippen LogP contribution in [0.15, 0.2) is 73.0 Å². The molecule has 2 aliphatic rings. The van der Waals surface area contributed by atoms with Gasteiger partial charge in [-0.05, 0) is 17.2 Å². The van der Waals surface area contributed by atoms with Crippen LogP contribution in [0.3, 0.4) is 0 Å². The standard InChI is InChI=1S/C22H24O4/c1-3-7-17(8-4-1)14-23-16-20-22(19-11-12-24-21(13-19)26-20)25-15-18-9-5-2-6-10-18/h1-12,19-22H,13-16H2/t19-,20-,21-,22-/m1/s1. The first-order chi connectivity index (χ1) is 12.9. The molecule has 4 nitrogen and oxygen atoms in total. The van der Waals surface area contributed by atoms with Crippen LogP contribution in [0.2, 0.25) is 0 Å². The highest BCUT2D eigenvalue weighted by Gasteiger charge is 2.41. The van der Waals surface area contributed by atoms with E-state index in [-0.39, 0.29) is 24.4 Å². The maximum absolute atomic E-state index is 6.26. The molecule has 0 aliphatic carbocycles. The van der Waals surface area contributed by atoms with Gasteiger partial charge >= 0.3 is 0 Å². The summed E-state index contributed by atoms with van der Waals surface area (Å²) < 4.78 is 23.8. The minimum absolute atomic E-state index is 0.0395. The second-order valence-corrected chi connectivity index (χ2v) is 6.73. The van der Waals surface area contributed by atoms with Crippen LogP contribution in [0, 0.1) is 5.92 Å². The number of fused-ring (bicyclic) bond motifs is 2. The lowest BCUT2D eigenvalue weighted by molar-refractivity contribution is -0.246. The third kappa shape index (κ3) is 4.33. The van der Waals surface area contributed by atoms with Crippen molar-refractivity contribution in [2.24, 2.45) is 5.92 Å². The SMILES string of the molecule is C1=C[C@@H]2C[C@H](O1)O[C@H](COCc1ccccc1)[C@@H]2OCc1ccccc1. The number of rotatable bonds is 7. The molecule has 4 atom stereocenters. The largest absolute Gasteiger partial charge is 0.473 e. The lowest BCUT2D eigenvalue weighted by Gasteiger charge is -2.42. The van der Waals surface area contributed by atoms with Gasteiger partial charge in [-0.3, -0.25) is 0 Å². The molecule has 2 aromatic rings. The van der Waals surface area contributed by atoms with Crippen molar-refractivity contribution in [1.29, 1.82) is 0 Å². The van der Waals surface area contributed by atoms with Crippen LogP contribution in [0.1, 0.15) is 17.5 Å². The summed E-state index contributed by atoms with van der Waals surface area (Å²) in [6, 6.07) is 20.4. The average Bonchev–Trinajstić information content (AvgIpc) is 2.69. The van der Waals surface area contributed by atoms with Gasteiger partial charge < -0.3 is 18.9 Å². The summed E-state index contributed by atoms with van der Waals surface area (Å²) in [7, 11) is 0. The second kappa shape index (κ2) is 8.49. The Bertz CT molecular complexity index is 701. The zero-order valence-corrected chi connectivity index (χ0v) is 14.7. The van der Waals surface area contributed by atoms with Gasteiger partial charge in [0.2, 0.25) is 0 Å². The zero-order chi connectivity index (χ0) is 17.6. The molecule has 0 aromatic heterocycles. The van der Waals surface area contributed by atoms with Gasteiger partial charge in [0.25, 0.3) is 0 Å². The van der Waals surface area contributed by atoms with E-state index in [9.17, 15) is 0 Å². The molecule has 136 valence electrons. The van der Waals surface area contributed by atoms with Crippen molar-refractivity contribution in [3.8, 4) is 0 Å². The van der Waals surface area contributed by atoms with E-state index in [2.05, 4.69) is 30.3 Å². The maximum atomic E-state index is 6.26. The lowest BCUT2D eigenvalue weighted by atomic mass is 9.90. The molecule has 0 amide bonds. The summed E-state index contributed by atoms with van der Waals surface area (Å²) >= 11 is 0. The van der Waals surface area contributed by atoms with Crippen molar-refractivity contribution in [1.82, 2.24) is 0 Å². The van der Waals surface area contributed by atoms with Gasteiger partial charge in [-0.15, -0.1) is 0 Å². The Morgan fingerprint density at radius 1 is 0.885 bits per heavy atom. The van der Waals surface area contributed by atoms with Gasteiger partial charge in [0.05, 0.1) is 32.2 Å². The summed E-state index contributed by atoms with van der Waals surface area (Å²) in [5, 5.41) is 0. The van der Waals surface area contributed by atoms with Gasteiger partial charge in [0, 0.05) is 12.3 Å². The molecule has 1 saturated heterocycles. The lowest BCUT2D eigenvalue weighted by Crippen LogP contribution is -2.49. The van der Waals surface area contributed by atoms with Crippen LogP contribution in [0.5, 0.6) is 0 Å². The van der Waals surface area contributed by atoms with Gasteiger partial charge in [-0.25, -0.2) is 0 Å². The molecular formula is C22H24O4. The smallest absolute Gasteiger partial charge is 0.200 e. The second-order valence-electron chi connectivity index (χ2n) is 6.73. The summed E-state index contributed by atoms with van der Waals surface area (Å²) in [6.07, 6.45) is 4.26. The molecule has 2 bridgehead atoms. The van der Waals surface area contributed by atoms with Gasteiger partial charge in [0.15, 0.2) is 6.29 Å². The summed E-state index contributed by atoms with van der Waals surface area (Å²) in [6.45, 7) is 1.62. The van der Waals surface area contributed by atoms with E-state index in [0.29, 0.717) is 19.8 Å². The van der Waals surface area contributed by atoms with Crippen LogP contribution in [0.4, 0.5) is 0 Å². The molecule has 26 heavy (non-hydrogen) atoms. The minimum atomic E-state index is -0.202. The molecule has 0 N–H and O–H groups in total. The number of hydrogen-bond donors (Lipinski definition) is 0. The van der Waals surface area contributed by atoms with Crippen molar-refractivity contribution >= 4 is 0 Å². The quantitative estimate of drug-likeness (QED) is 0.753. The number of hydrogen-bond acceptors (Lipinski definition) is 4. The van der Waals surface area contributed by atoms with Crippen LogP contribution in [-0.2, 0) is 32.2 Å². The van der Waals surface area contributed by atoms with Crippen LogP contribution in [-0.4, -0.2) is 25.1 Å². The number of benzene rings is 2. The Morgan fingerprint density at radius 3 is 2.31 bits per heavy atom. The van der Waals surface area contributed by atoms with E-state index in [4.69, 9.17) is 18.9 Å². The first-order valence-electron chi connectivity index (χ1n) is 9.13. The van der Waals surface area contributed by atoms with Crippen molar-refractivity contribution < 1.29 is 18.9 Å². The van der Waals surface area contributed by atoms with Crippen molar-refractivity contribution in [2.45, 2.75) is 38.1 Å². The monoisotopic (exact) mass is 352 g/mol. The molecule has 0 radical (unpaired) electrons. The van der Waals surface area contributed by atoms with Crippen molar-refractivity contribution in [3.63, 3.8) is 0 Å². The van der Waals surface area contributed by atoms with Gasteiger partial charge in [0.1, 0.15) is 6.10 Å². The Hall–Kier alpha value is -2.14. The Kier molecular flexibility index (Phi) is 5.65. The molecule has 4 heteroatoms. The summed E-state index contributed by atoms with van der Waals surface area (Å²) in [4.78, 5) is 0. The fraction of sp³-hybridized carbons (Fsp3) is 0.364. The Balaban J connectivity index is 1.38. The molecule has 1 fully saturated rings. The predicted molar refractivity (Wildman–Crippen MR) is 98.1 cm³/mol. The predicted octanol–water partition coefficient (Wildman–Crippen LogP) is 4.06. The number of ether oxygens (including phenoxy) is 4. The van der Waals surface area contributed by atoms with Crippen LogP contribution >= 0.6 is 0 Å². The van der Waals surface area contributed by atoms with E-state index >= 15 is 0 Å². The Morgan fingerprint density at radius 2 is 1.58 bits per heavy atom. The van der Waals surface area contributed by atoms with Gasteiger partial charge in [-0.2, -0.15) is 0 Å². The van der Waals surface area contributed by atoms with E-state index in [1.165, 1.54) is 0 Å². The van der Waals surface area contributed by atoms with Crippen molar-refractivity contribution in [3.05, 3.63) is 84.1 Å². The molecule has 4 rings (SSSR count). The molecule has 2 aliphatic heterocycles. The first kappa shape index (κ1) is 17.3. The zero-order valence-electron chi connectivity index (χ0n) is 14.7. The third-order valence-corrected chi connectivity index (χ3v) is 4.81. The fourth-order valence-electron chi connectivity index (χ4n) is 3.47. The minimum Gasteiger partial charge on any atom is -0.473 e. The molecular weight excluding hydrogens is 328 g/mol. The Labute approximate surface area is 154 Å². The summed E-state index contributed by atoms with van der Waals surface area (Å²) in [5.41, 5.74) is 2.32. The molecule has 2 aromatic carbocycles. The average molecular weight is 352 g/mol. The molecule has 0 unspecified atom stereocenters. The highest BCUT2D eigenvalue weighted by Crippen LogP contribution is 2.33. The van der Waals surface area contributed by atoms with E-state index in [0.717, 1.165) is 17.5 Å². The van der Waals surface area contributed by atoms with Crippen LogP contribution < -0.4 is 0 Å². The third-order valence-electron chi connectivity index (χ3n) is 4.81. The highest BCUT2D eigenvalue weighted by atomic mass is 16.7. The normalized spacial score (nSPS) is 27.1. The van der Waals surface area contributed by atoms with Crippen molar-refractivity contribution in [2.75, 3.05) is 6.61 Å². The highest BCUT2D eigenvalue weighted by molar-refractivity contribution is 5.14. The molecule has 0 spiro atoms. The van der Waals surface area contributed by atoms with E-state index in [1.54, 1.807) is 6.26 Å². The fourth-order valence-corrected chi connectivity index (χ4v) is 3.47. The summed E-state index contributed by atoms with van der Waals surface area (Å²) in [5.74, 6) is 0.288. The molecule has 0 saturated carbocycles. The van der Waals surface area contributed by atoms with E-state index in [1.807, 2.05) is 36.4 Å². The van der Waals surface area contributed by atoms with Crippen LogP contribution in [0.25, 0.3) is 0 Å². The topological polar surface area (TPSA) is 36.9 Å². The van der Waals surface area contributed by atoms with Gasteiger partial charge in [-0.1, -0.05) is 60.7 Å². The first-order valence-corrected chi connectivity index (χ1v) is 9.13. The van der Waals surface area contributed by atoms with E-state index < -0.39 is 0 Å². The maximum Gasteiger partial charge on any atom is 0.200 e.